The molecule has 0 atom stereocenters. The van der Waals surface area contributed by atoms with E-state index in [-0.39, 0.29) is 30.8 Å². The van der Waals surface area contributed by atoms with Crippen LogP contribution in [0.5, 0.6) is 0 Å². The molecular formula is C17H17ClN4O. The van der Waals surface area contributed by atoms with Gasteiger partial charge in [-0.25, -0.2) is 0 Å². The lowest BCUT2D eigenvalue weighted by atomic mass is 10.1. The van der Waals surface area contributed by atoms with Crippen molar-refractivity contribution in [2.45, 2.75) is 6.54 Å². The number of amides is 1. The lowest BCUT2D eigenvalue weighted by molar-refractivity contribution is 0.0839. The predicted molar refractivity (Wildman–Crippen MR) is 93.8 cm³/mol. The predicted octanol–water partition coefficient (Wildman–Crippen LogP) is 3.13. The Labute approximate surface area is 140 Å². The first kappa shape index (κ1) is 16.6. The average molecular weight is 329 g/mol. The molecule has 0 fully saturated rings. The van der Waals surface area contributed by atoms with Crippen LogP contribution in [0, 0.1) is 5.41 Å². The highest BCUT2D eigenvalue weighted by atomic mass is 35.5. The molecule has 0 aliphatic rings. The van der Waals surface area contributed by atoms with Gasteiger partial charge in [-0.15, -0.1) is 12.4 Å². The lowest BCUT2D eigenvalue weighted by Gasteiger charge is -2.21. The fraction of sp³-hybridized carbons (Fsp3) is 0.0588. The Morgan fingerprint density at radius 2 is 1.83 bits per heavy atom. The molecule has 0 bridgehead atoms. The third-order valence-corrected chi connectivity index (χ3v) is 3.54. The van der Waals surface area contributed by atoms with Crippen molar-refractivity contribution in [1.29, 1.82) is 5.41 Å². The molecule has 0 saturated carbocycles. The van der Waals surface area contributed by atoms with Crippen molar-refractivity contribution in [1.82, 2.24) is 9.88 Å². The van der Waals surface area contributed by atoms with Crippen LogP contribution in [0.3, 0.4) is 0 Å². The van der Waals surface area contributed by atoms with E-state index in [1.807, 2.05) is 48.5 Å². The minimum Gasteiger partial charge on any atom is -0.370 e. The summed E-state index contributed by atoms with van der Waals surface area (Å²) in [6.07, 6.45) is 1.79. The van der Waals surface area contributed by atoms with Gasteiger partial charge < -0.3 is 10.7 Å². The minimum atomic E-state index is -0.276. The molecule has 0 unspecified atom stereocenters. The number of carbonyl (C=O) groups is 1. The number of hydrogen-bond acceptors (Lipinski definition) is 2. The molecule has 2 aromatic carbocycles. The number of fused-ring (bicyclic) bond motifs is 1. The van der Waals surface area contributed by atoms with Gasteiger partial charge in [0.2, 0.25) is 0 Å². The summed E-state index contributed by atoms with van der Waals surface area (Å²) >= 11 is 0. The number of aromatic nitrogens is 1. The number of carbonyl (C=O) groups excluding carboxylic acids is 1. The first-order valence-corrected chi connectivity index (χ1v) is 6.93. The highest BCUT2D eigenvalue weighted by Gasteiger charge is 2.20. The van der Waals surface area contributed by atoms with Crippen LogP contribution in [0.25, 0.3) is 10.9 Å². The van der Waals surface area contributed by atoms with Gasteiger partial charge in [0.05, 0.1) is 6.54 Å². The molecule has 0 radical (unpaired) electrons. The molecule has 3 rings (SSSR count). The summed E-state index contributed by atoms with van der Waals surface area (Å²) in [5, 5.41) is 8.55. The summed E-state index contributed by atoms with van der Waals surface area (Å²) in [6, 6.07) is 16.8. The summed E-state index contributed by atoms with van der Waals surface area (Å²) in [5.74, 6) is -0.539. The number of halogens is 1. The molecule has 1 aromatic heterocycles. The van der Waals surface area contributed by atoms with Crippen LogP contribution in [0.4, 0.5) is 0 Å². The highest BCUT2D eigenvalue weighted by molar-refractivity contribution is 6.11. The molecule has 1 heterocycles. The van der Waals surface area contributed by atoms with Crippen molar-refractivity contribution < 1.29 is 4.79 Å². The maximum Gasteiger partial charge on any atom is 0.261 e. The zero-order valence-electron chi connectivity index (χ0n) is 12.3. The monoisotopic (exact) mass is 328 g/mol. The molecule has 4 N–H and O–H groups in total. The Hall–Kier alpha value is -2.79. The molecule has 6 heteroatoms. The molecule has 23 heavy (non-hydrogen) atoms. The number of nitrogens with zero attached hydrogens (tertiary/aromatic N) is 1. The first-order valence-electron chi connectivity index (χ1n) is 6.93. The van der Waals surface area contributed by atoms with Crippen LogP contribution in [0.1, 0.15) is 15.9 Å². The third kappa shape index (κ3) is 3.35. The fourth-order valence-electron chi connectivity index (χ4n) is 2.45. The van der Waals surface area contributed by atoms with Crippen molar-refractivity contribution in [3.8, 4) is 0 Å². The Morgan fingerprint density at radius 3 is 2.52 bits per heavy atom. The molecule has 118 valence electrons. The van der Waals surface area contributed by atoms with E-state index in [4.69, 9.17) is 11.1 Å². The van der Waals surface area contributed by atoms with Crippen LogP contribution in [0.15, 0.2) is 60.8 Å². The van der Waals surface area contributed by atoms with E-state index in [0.29, 0.717) is 5.56 Å². The number of guanidine groups is 1. The van der Waals surface area contributed by atoms with E-state index in [9.17, 15) is 4.79 Å². The number of aromatic amines is 1. The molecule has 5 nitrogen and oxygen atoms in total. The third-order valence-electron chi connectivity index (χ3n) is 3.54. The van der Waals surface area contributed by atoms with Crippen molar-refractivity contribution in [3.63, 3.8) is 0 Å². The summed E-state index contributed by atoms with van der Waals surface area (Å²) in [4.78, 5) is 17.1. The van der Waals surface area contributed by atoms with E-state index >= 15 is 0 Å². The maximum absolute atomic E-state index is 12.8. The Morgan fingerprint density at radius 1 is 1.09 bits per heavy atom. The van der Waals surface area contributed by atoms with Crippen molar-refractivity contribution in [2.75, 3.05) is 0 Å². The Balaban J connectivity index is 0.00000192. The SMILES string of the molecule is Cl.N=C(N)N(Cc1ccccc1)C(=O)c1cccc2[nH]ccc12. The summed E-state index contributed by atoms with van der Waals surface area (Å²) in [7, 11) is 0. The van der Waals surface area contributed by atoms with Crippen LogP contribution >= 0.6 is 12.4 Å². The normalized spacial score (nSPS) is 10.1. The smallest absolute Gasteiger partial charge is 0.261 e. The largest absolute Gasteiger partial charge is 0.370 e. The van der Waals surface area contributed by atoms with Gasteiger partial charge in [-0.05, 0) is 23.8 Å². The van der Waals surface area contributed by atoms with Gasteiger partial charge in [0.15, 0.2) is 5.96 Å². The van der Waals surface area contributed by atoms with E-state index in [1.165, 1.54) is 4.90 Å². The van der Waals surface area contributed by atoms with Gasteiger partial charge in [0.25, 0.3) is 5.91 Å². The zero-order chi connectivity index (χ0) is 15.5. The van der Waals surface area contributed by atoms with E-state index < -0.39 is 0 Å². The number of hydrogen-bond donors (Lipinski definition) is 3. The standard InChI is InChI=1S/C17H16N4O.ClH/c18-17(19)21(11-12-5-2-1-3-6-12)16(22)14-7-4-8-15-13(14)9-10-20-15;/h1-10,20H,11H2,(H3,18,19);1H. The van der Waals surface area contributed by atoms with E-state index in [0.717, 1.165) is 16.5 Å². The average Bonchev–Trinajstić information content (AvgIpc) is 3.01. The van der Waals surface area contributed by atoms with Gasteiger partial charge in [-0.2, -0.15) is 0 Å². The summed E-state index contributed by atoms with van der Waals surface area (Å²) in [5.41, 5.74) is 7.96. The van der Waals surface area contributed by atoms with Crippen molar-refractivity contribution in [2.24, 2.45) is 5.73 Å². The van der Waals surface area contributed by atoms with Crippen LogP contribution in [-0.2, 0) is 6.54 Å². The quantitative estimate of drug-likeness (QED) is 0.509. The van der Waals surface area contributed by atoms with Gasteiger partial charge in [0.1, 0.15) is 0 Å². The van der Waals surface area contributed by atoms with Gasteiger partial charge in [0, 0.05) is 22.7 Å². The zero-order valence-corrected chi connectivity index (χ0v) is 13.1. The minimum absolute atomic E-state index is 0. The van der Waals surface area contributed by atoms with Crippen molar-refractivity contribution >= 4 is 35.2 Å². The molecule has 0 aliphatic heterocycles. The topological polar surface area (TPSA) is 86.0 Å². The number of benzene rings is 2. The second-order valence-corrected chi connectivity index (χ2v) is 5.01. The second-order valence-electron chi connectivity index (χ2n) is 5.01. The number of nitrogens with one attached hydrogen (secondary N) is 2. The summed E-state index contributed by atoms with van der Waals surface area (Å²) < 4.78 is 0. The first-order chi connectivity index (χ1) is 10.7. The number of nitrogens with two attached hydrogens (primary N) is 1. The second kappa shape index (κ2) is 6.98. The van der Waals surface area contributed by atoms with Crippen LogP contribution < -0.4 is 5.73 Å². The highest BCUT2D eigenvalue weighted by Crippen LogP contribution is 2.20. The summed E-state index contributed by atoms with van der Waals surface area (Å²) in [6.45, 7) is 0.274. The van der Waals surface area contributed by atoms with Crippen LogP contribution in [0.2, 0.25) is 0 Å². The molecule has 0 saturated heterocycles. The molecule has 0 spiro atoms. The molecule has 1 amide bonds. The lowest BCUT2D eigenvalue weighted by Crippen LogP contribution is -2.40. The van der Waals surface area contributed by atoms with E-state index in [2.05, 4.69) is 4.98 Å². The van der Waals surface area contributed by atoms with Crippen LogP contribution in [-0.4, -0.2) is 21.8 Å². The van der Waals surface area contributed by atoms with E-state index in [1.54, 1.807) is 12.3 Å². The van der Waals surface area contributed by atoms with Crippen molar-refractivity contribution in [3.05, 3.63) is 71.9 Å². The Kier molecular flexibility index (Phi) is 5.03. The Bertz CT molecular complexity index is 829. The number of rotatable bonds is 3. The number of H-pyrrole nitrogens is 1. The fourth-order valence-corrected chi connectivity index (χ4v) is 2.45. The molecular weight excluding hydrogens is 312 g/mol. The molecule has 3 aromatic rings. The van der Waals surface area contributed by atoms with Gasteiger partial charge >= 0.3 is 0 Å². The maximum atomic E-state index is 12.8. The van der Waals surface area contributed by atoms with Gasteiger partial charge in [-0.3, -0.25) is 15.1 Å². The molecule has 0 aliphatic carbocycles. The van der Waals surface area contributed by atoms with Gasteiger partial charge in [-0.1, -0.05) is 36.4 Å².